The van der Waals surface area contributed by atoms with Crippen LogP contribution < -0.4 is 40.1 Å². The first-order valence-corrected chi connectivity index (χ1v) is 30.7. The van der Waals surface area contributed by atoms with Gasteiger partial charge in [-0.1, -0.05) is 0 Å². The van der Waals surface area contributed by atoms with Crippen LogP contribution in [0.5, 0.6) is 0 Å². The molecule has 21 saturated heterocycles. The highest BCUT2D eigenvalue weighted by Crippen LogP contribution is 2.42. The van der Waals surface area contributed by atoms with E-state index in [1.165, 1.54) is 99.5 Å². The van der Waals surface area contributed by atoms with Gasteiger partial charge in [0.1, 0.15) is 171 Å². The van der Waals surface area contributed by atoms with Crippen molar-refractivity contribution in [3.63, 3.8) is 0 Å². The van der Waals surface area contributed by atoms with Gasteiger partial charge in [0.25, 0.3) is 0 Å². The zero-order valence-corrected chi connectivity index (χ0v) is 63.2. The fraction of sp³-hybridized carbons (Fsp3) is 1.00. The van der Waals surface area contributed by atoms with Gasteiger partial charge >= 0.3 is 0 Å². The summed E-state index contributed by atoms with van der Waals surface area (Å²) in [6.45, 7) is -0.776. The highest BCUT2D eigenvalue weighted by atomic mass is 35.5. The number of rotatable bonds is 21. The van der Waals surface area contributed by atoms with E-state index < -0.39 is 215 Å². The first kappa shape index (κ1) is 96.6. The Hall–Kier alpha value is 0.630. The third-order valence-corrected chi connectivity index (χ3v) is 18.6. The normalized spacial score (nSPS) is 45.2. The summed E-state index contributed by atoms with van der Waals surface area (Å²) in [5.74, 6) is 0. The van der Waals surface area contributed by atoms with E-state index in [4.69, 9.17) is 173 Å². The fourth-order valence-electron chi connectivity index (χ4n) is 14.1. The van der Waals surface area contributed by atoms with Gasteiger partial charge in [-0.05, 0) is 0 Å². The molecule has 0 saturated carbocycles. The van der Waals surface area contributed by atoms with Gasteiger partial charge in [0, 0.05) is 145 Å². The van der Waals surface area contributed by atoms with Crippen molar-refractivity contribution in [3.8, 4) is 0 Å². The standard InChI is InChI=1S/C56H105N7O28.7ClH/c1-64-36-29-22(15-57)78-50(43(36)71-8)86-30-23(16-58)80-52(45(73-10)37(30)65-2)88-32-25(18-60)82-54(47(75-12)39(32)67-4)90-34-27(20-62)84-56(49(77-14)41(34)69-6)91-35-28(21-63)83-55(48(76-13)42(35)70-7)89-33-26(19-61)81-53(46(74-11)40(33)68-5)87-31-24(17-59)79-51(85-29)44(72-9)38(31)66-3;;;;;;;/h22-56H,15-21,57-63H2,1-14H3;7*1H/t22-,23-,24-,25-,26-,27-,28-,29-,30-,31-,32-,33-,34-,35-,36+,37+,38+,39+,40+,41+,42+,43-,44-,45-,46-,47-,48-,49-,50-,51-,52-,53-,54-,55-,56-;;;;;;;/m1......./s1. The van der Waals surface area contributed by atoms with Gasteiger partial charge in [0.15, 0.2) is 44.0 Å². The molecule has 0 aromatic heterocycles. The summed E-state index contributed by atoms with van der Waals surface area (Å²) >= 11 is 0. The SMILES string of the molecule is CO[C@@H]1[C@@H](OC)[C@H]2O[C@H]3[C@H](OC)[C@@H](OC)[C@@H](O[C@H]4[C@H](OC)[C@@H](OC)[C@@H](O[C@H]5[C@H](OC)[C@@H](OC)[C@@H](O[C@H]6[C@H](OC)[C@@H](OC)[C@@H](O[C@H]7[C@H](OC)[C@@H](OC)[C@@H](O[C@H]8[C@H](OC)[C@@H](OC)[C@@H](O[C@@H]1[C@@H](CN)O2)O[C@@H]8CN)O[C@@H]7CN)O[C@@H]6CN)O[C@@H]5CN)O[C@@H]4CN)O[C@@H]3CN.Cl.Cl.Cl.Cl.Cl.Cl.Cl. The van der Waals surface area contributed by atoms with Crippen LogP contribution in [0.1, 0.15) is 0 Å². The molecule has 35 atom stereocenters. The summed E-state index contributed by atoms with van der Waals surface area (Å²) in [6, 6.07) is 0. The molecular weight excluding hydrogens is 1470 g/mol. The third kappa shape index (κ3) is 19.9. The molecule has 21 heterocycles. The lowest BCUT2D eigenvalue weighted by Gasteiger charge is -2.52. The molecule has 14 N–H and O–H groups in total. The third-order valence-electron chi connectivity index (χ3n) is 18.6. The van der Waals surface area contributed by atoms with Gasteiger partial charge in [-0.3, -0.25) is 0 Å². The van der Waals surface area contributed by atoms with E-state index in [2.05, 4.69) is 0 Å². The van der Waals surface area contributed by atoms with Crippen molar-refractivity contribution >= 4 is 86.8 Å². The highest BCUT2D eigenvalue weighted by Gasteiger charge is 2.61. The second-order valence-corrected chi connectivity index (χ2v) is 23.0. The first-order chi connectivity index (χ1) is 44.2. The minimum absolute atomic E-state index is 0. The average molecular weight is 1580 g/mol. The number of hydrogen-bond donors (Lipinski definition) is 7. The predicted molar refractivity (Wildman–Crippen MR) is 360 cm³/mol. The maximum Gasteiger partial charge on any atom is 0.187 e. The van der Waals surface area contributed by atoms with Crippen LogP contribution in [0.3, 0.4) is 0 Å². The molecular formula is C56H112Cl7N7O28. The van der Waals surface area contributed by atoms with Crippen molar-refractivity contribution in [1.82, 2.24) is 0 Å². The van der Waals surface area contributed by atoms with Crippen molar-refractivity contribution in [2.45, 2.75) is 215 Å². The molecule has 21 aliphatic heterocycles. The molecule has 0 aromatic carbocycles. The lowest BCUT2D eigenvalue weighted by Crippen LogP contribution is -2.70. The number of ether oxygens (including phenoxy) is 28. The van der Waals surface area contributed by atoms with Crippen LogP contribution in [0.2, 0.25) is 0 Å². The van der Waals surface area contributed by atoms with E-state index in [1.807, 2.05) is 0 Å². The Bertz CT molecular complexity index is 1750. The highest BCUT2D eigenvalue weighted by molar-refractivity contribution is 5.86. The van der Waals surface area contributed by atoms with E-state index in [-0.39, 0.29) is 133 Å². The minimum atomic E-state index is -1.22. The second kappa shape index (κ2) is 46.1. The molecule has 21 fully saturated rings. The Balaban J connectivity index is 0.00000686. The van der Waals surface area contributed by atoms with Crippen molar-refractivity contribution in [3.05, 3.63) is 0 Å². The van der Waals surface area contributed by atoms with Gasteiger partial charge in [0.05, 0.1) is 0 Å². The molecule has 588 valence electrons. The van der Waals surface area contributed by atoms with Crippen LogP contribution in [0.15, 0.2) is 0 Å². The molecule has 0 aromatic rings. The molecule has 0 radical (unpaired) electrons. The van der Waals surface area contributed by atoms with Crippen LogP contribution in [-0.4, -0.2) is 360 Å². The van der Waals surface area contributed by atoms with Crippen LogP contribution in [0.4, 0.5) is 0 Å². The summed E-state index contributed by atoms with van der Waals surface area (Å²) in [7, 11) is 20.7. The van der Waals surface area contributed by atoms with Gasteiger partial charge in [-0.25, -0.2) is 0 Å². The molecule has 42 heteroatoms. The van der Waals surface area contributed by atoms with Gasteiger partial charge in [0.2, 0.25) is 0 Å². The summed E-state index contributed by atoms with van der Waals surface area (Å²) in [5, 5.41) is 0. The van der Waals surface area contributed by atoms with Crippen molar-refractivity contribution in [1.29, 1.82) is 0 Å². The number of hydrogen-bond acceptors (Lipinski definition) is 35. The van der Waals surface area contributed by atoms with Gasteiger partial charge in [-0.15, -0.1) is 86.8 Å². The van der Waals surface area contributed by atoms with Crippen molar-refractivity contribution in [2.24, 2.45) is 40.1 Å². The van der Waals surface area contributed by atoms with Crippen molar-refractivity contribution < 1.29 is 133 Å². The first-order valence-electron chi connectivity index (χ1n) is 30.7. The molecule has 98 heavy (non-hydrogen) atoms. The number of halogens is 7. The molecule has 21 rings (SSSR count). The Morgan fingerprint density at radius 2 is 0.255 bits per heavy atom. The average Bonchev–Trinajstić information content (AvgIpc) is 0.771. The lowest BCUT2D eigenvalue weighted by atomic mass is 9.94. The van der Waals surface area contributed by atoms with E-state index in [0.29, 0.717) is 0 Å². The molecule has 0 aliphatic carbocycles. The van der Waals surface area contributed by atoms with E-state index in [0.717, 1.165) is 0 Å². The molecule has 0 spiro atoms. The van der Waals surface area contributed by atoms with Crippen LogP contribution >= 0.6 is 86.8 Å². The molecule has 21 aliphatic rings. The lowest BCUT2D eigenvalue weighted by molar-refractivity contribution is -0.397. The zero-order valence-electron chi connectivity index (χ0n) is 57.5. The van der Waals surface area contributed by atoms with E-state index in [9.17, 15) is 0 Å². The summed E-state index contributed by atoms with van der Waals surface area (Å²) in [5.41, 5.74) is 45.8. The molecule has 0 amide bonds. The van der Waals surface area contributed by atoms with E-state index >= 15 is 0 Å². The van der Waals surface area contributed by atoms with E-state index in [1.54, 1.807) is 0 Å². The van der Waals surface area contributed by atoms with Crippen LogP contribution in [0.25, 0.3) is 0 Å². The predicted octanol–water partition coefficient (Wildman–Crippen LogP) is -3.36. The maximum absolute atomic E-state index is 6.87. The minimum Gasteiger partial charge on any atom is -0.376 e. The second-order valence-electron chi connectivity index (χ2n) is 23.0. The summed E-state index contributed by atoms with van der Waals surface area (Å²) in [4.78, 5) is 0. The largest absolute Gasteiger partial charge is 0.376 e. The van der Waals surface area contributed by atoms with Crippen LogP contribution in [-0.2, 0) is 133 Å². The Morgan fingerprint density at radius 3 is 0.327 bits per heavy atom. The summed E-state index contributed by atoms with van der Waals surface area (Å²) in [6.07, 6.45) is -36.0. The summed E-state index contributed by atoms with van der Waals surface area (Å²) < 4.78 is 181. The quantitative estimate of drug-likeness (QED) is 0.0590. The topological polar surface area (TPSA) is 441 Å². The van der Waals surface area contributed by atoms with Crippen LogP contribution in [0, 0.1) is 0 Å². The number of methoxy groups -OCH3 is 14. The Kier molecular flexibility index (Phi) is 45.5. The van der Waals surface area contributed by atoms with Gasteiger partial charge < -0.3 is 173 Å². The smallest absolute Gasteiger partial charge is 0.187 e. The molecule has 35 nitrogen and oxygen atoms in total. The zero-order chi connectivity index (χ0) is 66.0. The fourth-order valence-corrected chi connectivity index (χ4v) is 14.1. The van der Waals surface area contributed by atoms with Crippen molar-refractivity contribution in [2.75, 3.05) is 145 Å². The molecule has 0 unspecified atom stereocenters. The monoisotopic (exact) mass is 1580 g/mol. The Morgan fingerprint density at radius 1 is 0.163 bits per heavy atom. The Labute approximate surface area is 616 Å². The number of nitrogens with two attached hydrogens (primary N) is 7. The molecule has 14 bridgehead atoms. The maximum atomic E-state index is 6.87. The van der Waals surface area contributed by atoms with Gasteiger partial charge in [-0.2, -0.15) is 0 Å².